The molecule has 0 fully saturated rings. The van der Waals surface area contributed by atoms with E-state index in [-0.39, 0.29) is 5.04 Å². The molecule has 0 saturated carbocycles. The quantitative estimate of drug-likeness (QED) is 0.553. The van der Waals surface area contributed by atoms with Crippen LogP contribution in [-0.2, 0) is 13.6 Å². The van der Waals surface area contributed by atoms with Crippen LogP contribution in [-0.4, -0.2) is 23.7 Å². The lowest BCUT2D eigenvalue weighted by Crippen LogP contribution is -2.39. The smallest absolute Gasteiger partial charge is 0.299 e. The lowest BCUT2D eigenvalue weighted by atomic mass is 10.2. The van der Waals surface area contributed by atoms with Gasteiger partial charge in [-0.15, -0.1) is 0 Å². The van der Waals surface area contributed by atoms with Crippen molar-refractivity contribution < 1.29 is 13.6 Å². The molecule has 0 rings (SSSR count). The van der Waals surface area contributed by atoms with E-state index in [1.165, 1.54) is 0 Å². The van der Waals surface area contributed by atoms with Gasteiger partial charge < -0.3 is 13.6 Å². The monoisotopic (exact) mass is 276 g/mol. The van der Waals surface area contributed by atoms with Gasteiger partial charge in [0, 0.05) is 0 Å². The molecular weight excluding hydrogens is 248 g/mol. The molecule has 0 heterocycles. The summed E-state index contributed by atoms with van der Waals surface area (Å²) in [6.45, 7) is 17.4. The molecule has 0 aliphatic rings. The van der Waals surface area contributed by atoms with Crippen LogP contribution in [0.25, 0.3) is 0 Å². The van der Waals surface area contributed by atoms with Crippen molar-refractivity contribution in [2.75, 3.05) is 7.11 Å². The van der Waals surface area contributed by atoms with E-state index in [0.29, 0.717) is 5.95 Å². The molecule has 0 spiro atoms. The van der Waals surface area contributed by atoms with Crippen LogP contribution in [0.4, 0.5) is 0 Å². The minimum absolute atomic E-state index is 0.182. The summed E-state index contributed by atoms with van der Waals surface area (Å²) < 4.78 is 16.9. The van der Waals surface area contributed by atoms with Crippen LogP contribution in [0, 0.1) is 0 Å². The average molecular weight is 277 g/mol. The Kier molecular flexibility index (Phi) is 5.34. The predicted molar refractivity (Wildman–Crippen MR) is 77.8 cm³/mol. The van der Waals surface area contributed by atoms with E-state index in [2.05, 4.69) is 53.5 Å². The maximum Gasteiger partial charge on any atom is 0.299 e. The summed E-state index contributed by atoms with van der Waals surface area (Å²) in [5.41, 5.74) is 0. The van der Waals surface area contributed by atoms with Crippen molar-refractivity contribution in [3.05, 3.63) is 12.2 Å². The molecule has 0 bridgehead atoms. The third-order valence-electron chi connectivity index (χ3n) is 2.86. The third kappa shape index (κ3) is 6.17. The zero-order valence-corrected chi connectivity index (χ0v) is 14.8. The van der Waals surface area contributed by atoms with E-state index < -0.39 is 16.6 Å². The van der Waals surface area contributed by atoms with Gasteiger partial charge >= 0.3 is 0 Å². The molecule has 5 heteroatoms. The van der Waals surface area contributed by atoms with E-state index in [1.54, 1.807) is 13.4 Å². The Balaban J connectivity index is 4.68. The largest absolute Gasteiger partial charge is 0.544 e. The van der Waals surface area contributed by atoms with Crippen molar-refractivity contribution in [2.24, 2.45) is 0 Å². The molecule has 0 radical (unpaired) electrons. The highest BCUT2D eigenvalue weighted by Crippen LogP contribution is 2.36. The number of hydrogen-bond donors (Lipinski definition) is 0. The van der Waals surface area contributed by atoms with E-state index in [1.807, 2.05) is 0 Å². The van der Waals surface area contributed by atoms with Gasteiger partial charge in [-0.05, 0) is 37.8 Å². The molecule has 0 aliphatic carbocycles. The van der Waals surface area contributed by atoms with Gasteiger partial charge in [-0.1, -0.05) is 20.8 Å². The van der Waals surface area contributed by atoms with Gasteiger partial charge in [0.15, 0.2) is 0 Å². The van der Waals surface area contributed by atoms with Crippen LogP contribution in [0.15, 0.2) is 12.2 Å². The Labute approximate surface area is 108 Å². The Hall–Kier alpha value is -0.426. The summed E-state index contributed by atoms with van der Waals surface area (Å²) in [4.78, 5) is 0. The highest BCUT2D eigenvalue weighted by atomic mass is 28.4. The number of methoxy groups -OCH3 is 1. The van der Waals surface area contributed by atoms with Crippen LogP contribution in [0.5, 0.6) is 0 Å². The molecule has 0 aromatic carbocycles. The van der Waals surface area contributed by atoms with E-state index in [9.17, 15) is 0 Å². The molecule has 3 nitrogen and oxygen atoms in total. The van der Waals surface area contributed by atoms with Gasteiger partial charge in [0.1, 0.15) is 6.26 Å². The molecule has 0 aromatic rings. The molecule has 0 amide bonds. The summed E-state index contributed by atoms with van der Waals surface area (Å²) in [5, 5.41) is 0.182. The minimum Gasteiger partial charge on any atom is -0.544 e. The second kappa shape index (κ2) is 5.48. The molecule has 0 N–H and O–H groups in total. The van der Waals surface area contributed by atoms with Gasteiger partial charge in [0.2, 0.25) is 16.6 Å². The molecule has 102 valence electrons. The summed E-state index contributed by atoms with van der Waals surface area (Å²) in [5.74, 6) is 0.494. The van der Waals surface area contributed by atoms with E-state index >= 15 is 0 Å². The fraction of sp³-hybridized carbons (Fsp3) is 0.833. The zero-order valence-electron chi connectivity index (χ0n) is 12.8. The SMILES string of the molecule is CO/C(=C\O[Si](C)(C)C(C)(C)C)O[Si](C)(C)C. The summed E-state index contributed by atoms with van der Waals surface area (Å²) in [7, 11) is -1.81. The van der Waals surface area contributed by atoms with Crippen LogP contribution in [0.2, 0.25) is 37.8 Å². The van der Waals surface area contributed by atoms with Crippen molar-refractivity contribution in [3.8, 4) is 0 Å². The molecule has 0 saturated heterocycles. The topological polar surface area (TPSA) is 27.7 Å². The number of ether oxygens (including phenoxy) is 1. The van der Waals surface area contributed by atoms with Crippen LogP contribution < -0.4 is 0 Å². The fourth-order valence-corrected chi connectivity index (χ4v) is 2.27. The van der Waals surface area contributed by atoms with E-state index in [4.69, 9.17) is 13.6 Å². The van der Waals surface area contributed by atoms with Crippen LogP contribution in [0.3, 0.4) is 0 Å². The maximum atomic E-state index is 5.94. The number of hydrogen-bond acceptors (Lipinski definition) is 3. The normalized spacial score (nSPS) is 14.5. The van der Waals surface area contributed by atoms with E-state index in [0.717, 1.165) is 0 Å². The van der Waals surface area contributed by atoms with Gasteiger partial charge in [0.05, 0.1) is 7.11 Å². The fourth-order valence-electron chi connectivity index (χ4n) is 0.788. The Morgan fingerprint density at radius 2 is 1.47 bits per heavy atom. The second-order valence-electron chi connectivity index (χ2n) is 6.73. The Morgan fingerprint density at radius 3 is 1.76 bits per heavy atom. The molecular formula is C12H28O3Si2. The lowest BCUT2D eigenvalue weighted by molar-refractivity contribution is 0.133. The van der Waals surface area contributed by atoms with Crippen molar-refractivity contribution in [2.45, 2.75) is 58.5 Å². The highest BCUT2D eigenvalue weighted by Gasteiger charge is 2.38. The van der Waals surface area contributed by atoms with Crippen LogP contribution in [0.1, 0.15) is 20.8 Å². The van der Waals surface area contributed by atoms with Crippen LogP contribution >= 0.6 is 0 Å². The Morgan fingerprint density at radius 1 is 1.00 bits per heavy atom. The average Bonchev–Trinajstić information content (AvgIpc) is 2.08. The van der Waals surface area contributed by atoms with Crippen molar-refractivity contribution in [3.63, 3.8) is 0 Å². The van der Waals surface area contributed by atoms with Gasteiger partial charge in [-0.3, -0.25) is 0 Å². The summed E-state index contributed by atoms with van der Waals surface area (Å²) in [6, 6.07) is 0. The van der Waals surface area contributed by atoms with Crippen molar-refractivity contribution in [1.82, 2.24) is 0 Å². The maximum absolute atomic E-state index is 5.94. The summed E-state index contributed by atoms with van der Waals surface area (Å²) in [6.07, 6.45) is 1.65. The molecule has 0 aromatic heterocycles. The summed E-state index contributed by atoms with van der Waals surface area (Å²) >= 11 is 0. The molecule has 0 aliphatic heterocycles. The first-order valence-electron chi connectivity index (χ1n) is 6.00. The van der Waals surface area contributed by atoms with Gasteiger partial charge in [-0.25, -0.2) is 0 Å². The standard InChI is InChI=1S/C12H28O3Si2/c1-12(2,3)17(8,9)14-10-11(13-4)15-16(5,6)7/h10H,1-9H3/b11-10+. The lowest BCUT2D eigenvalue weighted by Gasteiger charge is -2.35. The number of rotatable bonds is 5. The Bertz CT molecular complexity index is 272. The van der Waals surface area contributed by atoms with Crippen molar-refractivity contribution in [1.29, 1.82) is 0 Å². The zero-order chi connectivity index (χ0) is 13.9. The first-order valence-corrected chi connectivity index (χ1v) is 12.3. The third-order valence-corrected chi connectivity index (χ3v) is 8.00. The van der Waals surface area contributed by atoms with Gasteiger partial charge in [-0.2, -0.15) is 0 Å². The predicted octanol–water partition coefficient (Wildman–Crippen LogP) is 4.31. The first-order chi connectivity index (χ1) is 7.39. The minimum atomic E-state index is -1.78. The molecule has 17 heavy (non-hydrogen) atoms. The van der Waals surface area contributed by atoms with Crippen molar-refractivity contribution >= 4 is 16.6 Å². The first kappa shape index (κ1) is 16.6. The molecule has 0 unspecified atom stereocenters. The second-order valence-corrected chi connectivity index (χ2v) is 15.9. The van der Waals surface area contributed by atoms with Gasteiger partial charge in [0.25, 0.3) is 5.95 Å². The molecule has 0 atom stereocenters. The highest BCUT2D eigenvalue weighted by molar-refractivity contribution is 6.74.